The van der Waals surface area contributed by atoms with Gasteiger partial charge in [0.25, 0.3) is 5.85 Å². The van der Waals surface area contributed by atoms with Crippen molar-refractivity contribution < 1.29 is 33.2 Å². The molecule has 1 aliphatic heterocycles. The van der Waals surface area contributed by atoms with Gasteiger partial charge in [0.05, 0.1) is 19.8 Å². The third-order valence-corrected chi connectivity index (χ3v) is 5.92. The molecule has 0 unspecified atom stereocenters. The van der Waals surface area contributed by atoms with Crippen molar-refractivity contribution in [3.8, 4) is 0 Å². The SMILES string of the molecule is CO[C@H]1O[C@@](F)(CO)[C@@H](OCc2ccccc2)[C@H](OCc2ccccc2)[C@H]1OCc1ccccc1. The molecule has 5 atom stereocenters. The van der Waals surface area contributed by atoms with Crippen LogP contribution >= 0.6 is 0 Å². The van der Waals surface area contributed by atoms with Crippen molar-refractivity contribution in [3.05, 3.63) is 108 Å². The van der Waals surface area contributed by atoms with Crippen LogP contribution in [0.1, 0.15) is 16.7 Å². The molecule has 0 bridgehead atoms. The lowest BCUT2D eigenvalue weighted by Gasteiger charge is -2.47. The highest BCUT2D eigenvalue weighted by molar-refractivity contribution is 5.16. The highest BCUT2D eigenvalue weighted by atomic mass is 19.2. The van der Waals surface area contributed by atoms with E-state index in [0.717, 1.165) is 16.7 Å². The number of hydrogen-bond acceptors (Lipinski definition) is 6. The second-order valence-electron chi connectivity index (χ2n) is 8.41. The van der Waals surface area contributed by atoms with Gasteiger partial charge in [0.15, 0.2) is 6.29 Å². The van der Waals surface area contributed by atoms with Crippen molar-refractivity contribution in [2.24, 2.45) is 0 Å². The smallest absolute Gasteiger partial charge is 0.263 e. The zero-order valence-electron chi connectivity index (χ0n) is 19.7. The summed E-state index contributed by atoms with van der Waals surface area (Å²) in [5, 5.41) is 10.00. The first-order valence-corrected chi connectivity index (χ1v) is 11.6. The van der Waals surface area contributed by atoms with Crippen LogP contribution in [0.25, 0.3) is 0 Å². The van der Waals surface area contributed by atoms with Crippen molar-refractivity contribution >= 4 is 0 Å². The molecular formula is C28H31FO6. The van der Waals surface area contributed by atoms with E-state index in [1.165, 1.54) is 7.11 Å². The number of aliphatic hydroxyl groups excluding tert-OH is 1. The quantitative estimate of drug-likeness (QED) is 0.437. The Morgan fingerprint density at radius 3 is 1.57 bits per heavy atom. The van der Waals surface area contributed by atoms with Crippen molar-refractivity contribution in [2.45, 2.75) is 50.3 Å². The predicted molar refractivity (Wildman–Crippen MR) is 128 cm³/mol. The van der Waals surface area contributed by atoms with Crippen LogP contribution in [-0.2, 0) is 43.5 Å². The van der Waals surface area contributed by atoms with Gasteiger partial charge in [-0.25, -0.2) is 4.39 Å². The minimum atomic E-state index is -2.55. The van der Waals surface area contributed by atoms with Crippen LogP contribution < -0.4 is 0 Å². The molecule has 1 saturated heterocycles. The van der Waals surface area contributed by atoms with E-state index in [0.29, 0.717) is 0 Å². The van der Waals surface area contributed by atoms with Crippen LogP contribution in [-0.4, -0.2) is 49.3 Å². The summed E-state index contributed by atoms with van der Waals surface area (Å²) in [6.07, 6.45) is -4.14. The normalized spacial score (nSPS) is 26.5. The molecule has 0 aliphatic carbocycles. The molecule has 186 valence electrons. The van der Waals surface area contributed by atoms with Crippen LogP contribution in [0.15, 0.2) is 91.0 Å². The Hall–Kier alpha value is -2.65. The van der Waals surface area contributed by atoms with Crippen molar-refractivity contribution in [2.75, 3.05) is 13.7 Å². The van der Waals surface area contributed by atoms with Crippen LogP contribution in [0.3, 0.4) is 0 Å². The number of benzene rings is 3. The van der Waals surface area contributed by atoms with Crippen LogP contribution in [0.5, 0.6) is 0 Å². The van der Waals surface area contributed by atoms with Crippen LogP contribution in [0, 0.1) is 0 Å². The molecule has 0 aromatic heterocycles. The van der Waals surface area contributed by atoms with E-state index < -0.39 is 37.1 Å². The Morgan fingerprint density at radius 1 is 0.714 bits per heavy atom. The predicted octanol–water partition coefficient (Wildman–Crippen LogP) is 4.40. The zero-order chi connectivity index (χ0) is 24.5. The molecule has 0 spiro atoms. The number of halogens is 1. The Labute approximate surface area is 205 Å². The summed E-state index contributed by atoms with van der Waals surface area (Å²) in [4.78, 5) is 0. The lowest BCUT2D eigenvalue weighted by molar-refractivity contribution is -0.388. The summed E-state index contributed by atoms with van der Waals surface area (Å²) >= 11 is 0. The van der Waals surface area contributed by atoms with Gasteiger partial charge in [-0.05, 0) is 16.7 Å². The van der Waals surface area contributed by atoms with Gasteiger partial charge in [-0.15, -0.1) is 0 Å². The van der Waals surface area contributed by atoms with Gasteiger partial charge in [-0.2, -0.15) is 0 Å². The first kappa shape index (κ1) is 25.4. The molecule has 0 amide bonds. The van der Waals surface area contributed by atoms with Gasteiger partial charge in [-0.3, -0.25) is 0 Å². The summed E-state index contributed by atoms with van der Waals surface area (Å²) in [6.45, 7) is -0.388. The zero-order valence-corrected chi connectivity index (χ0v) is 19.7. The highest BCUT2D eigenvalue weighted by Gasteiger charge is 2.58. The number of aliphatic hydroxyl groups is 1. The summed E-state index contributed by atoms with van der Waals surface area (Å²) in [5.41, 5.74) is 2.69. The number of ether oxygens (including phenoxy) is 5. The number of hydrogen-bond donors (Lipinski definition) is 1. The van der Waals surface area contributed by atoms with Crippen molar-refractivity contribution in [3.63, 3.8) is 0 Å². The molecule has 1 aliphatic rings. The molecule has 3 aromatic rings. The first-order valence-electron chi connectivity index (χ1n) is 11.6. The van der Waals surface area contributed by atoms with E-state index in [-0.39, 0.29) is 19.8 Å². The van der Waals surface area contributed by atoms with Crippen molar-refractivity contribution in [1.29, 1.82) is 0 Å². The maximum absolute atomic E-state index is 16.0. The summed E-state index contributed by atoms with van der Waals surface area (Å²) in [7, 11) is 1.40. The fourth-order valence-electron chi connectivity index (χ4n) is 4.08. The lowest BCUT2D eigenvalue weighted by Crippen LogP contribution is -2.66. The van der Waals surface area contributed by atoms with Gasteiger partial charge in [0.2, 0.25) is 0 Å². The molecule has 0 radical (unpaired) electrons. The van der Waals surface area contributed by atoms with Gasteiger partial charge in [-0.1, -0.05) is 91.0 Å². The van der Waals surface area contributed by atoms with Gasteiger partial charge >= 0.3 is 0 Å². The average molecular weight is 483 g/mol. The van der Waals surface area contributed by atoms with E-state index in [4.69, 9.17) is 23.7 Å². The summed E-state index contributed by atoms with van der Waals surface area (Å²) in [5.74, 6) is -2.55. The lowest BCUT2D eigenvalue weighted by atomic mass is 9.96. The molecule has 6 nitrogen and oxygen atoms in total. The minimum absolute atomic E-state index is 0.106. The number of alkyl halides is 1. The van der Waals surface area contributed by atoms with Gasteiger partial charge < -0.3 is 28.8 Å². The molecule has 1 fully saturated rings. The van der Waals surface area contributed by atoms with Gasteiger partial charge in [0, 0.05) is 7.11 Å². The molecule has 1 N–H and O–H groups in total. The summed E-state index contributed by atoms with van der Waals surface area (Å²) in [6, 6.07) is 28.6. The molecule has 1 heterocycles. The maximum Gasteiger partial charge on any atom is 0.263 e. The Kier molecular flexibility index (Phi) is 8.98. The molecule has 3 aromatic carbocycles. The van der Waals surface area contributed by atoms with Gasteiger partial charge in [0.1, 0.15) is 24.9 Å². The molecule has 35 heavy (non-hydrogen) atoms. The van der Waals surface area contributed by atoms with E-state index in [1.54, 1.807) is 0 Å². The second-order valence-corrected chi connectivity index (χ2v) is 8.41. The molecule has 0 saturated carbocycles. The fourth-order valence-corrected chi connectivity index (χ4v) is 4.08. The Bertz CT molecular complexity index is 1010. The topological polar surface area (TPSA) is 66.4 Å². The maximum atomic E-state index is 16.0. The third-order valence-electron chi connectivity index (χ3n) is 5.92. The number of methoxy groups -OCH3 is 1. The Morgan fingerprint density at radius 2 is 1.14 bits per heavy atom. The first-order chi connectivity index (χ1) is 17.1. The van der Waals surface area contributed by atoms with Crippen LogP contribution in [0.2, 0.25) is 0 Å². The largest absolute Gasteiger partial charge is 0.390 e. The van der Waals surface area contributed by atoms with Crippen LogP contribution in [0.4, 0.5) is 4.39 Å². The monoisotopic (exact) mass is 482 g/mol. The molecular weight excluding hydrogens is 451 g/mol. The second kappa shape index (κ2) is 12.4. The van der Waals surface area contributed by atoms with E-state index >= 15 is 4.39 Å². The average Bonchev–Trinajstić information content (AvgIpc) is 2.92. The Balaban J connectivity index is 1.61. The standard InChI is InChI=1S/C28H31FO6/c1-31-27-25(33-18-22-13-7-3-8-14-22)24(32-17-21-11-5-2-6-12-21)26(28(29,20-30)35-27)34-19-23-15-9-4-10-16-23/h2-16,24-27,30H,17-20H2,1H3/t24-,25-,26+,27+,28+/m1/s1. The third kappa shape index (κ3) is 6.52. The number of rotatable bonds is 11. The van der Waals surface area contributed by atoms with E-state index in [2.05, 4.69) is 0 Å². The van der Waals surface area contributed by atoms with Crippen molar-refractivity contribution in [1.82, 2.24) is 0 Å². The highest BCUT2D eigenvalue weighted by Crippen LogP contribution is 2.37. The molecule has 4 rings (SSSR count). The summed E-state index contributed by atoms with van der Waals surface area (Å²) < 4.78 is 45.5. The minimum Gasteiger partial charge on any atom is -0.390 e. The molecule has 7 heteroatoms. The van der Waals surface area contributed by atoms with E-state index in [1.807, 2.05) is 91.0 Å². The fraction of sp³-hybridized carbons (Fsp3) is 0.357. The van der Waals surface area contributed by atoms with E-state index in [9.17, 15) is 5.11 Å².